The number of hydrogen-bond donors (Lipinski definition) is 3. The van der Waals surface area contributed by atoms with E-state index < -0.39 is 24.7 Å². The van der Waals surface area contributed by atoms with E-state index in [2.05, 4.69) is 4.98 Å². The largest absolute Gasteiger partial charge is 0.477 e. The molecule has 0 spiro atoms. The molecule has 0 radical (unpaired) electrons. The summed E-state index contributed by atoms with van der Waals surface area (Å²) < 4.78 is 13.1. The van der Waals surface area contributed by atoms with Gasteiger partial charge in [0, 0.05) is 35.8 Å². The van der Waals surface area contributed by atoms with Crippen LogP contribution in [0.3, 0.4) is 0 Å². The number of aromatic carboxylic acids is 1. The Morgan fingerprint density at radius 1 is 1.03 bits per heavy atom. The normalized spacial score (nSPS) is 26.8. The van der Waals surface area contributed by atoms with Crippen LogP contribution in [0.5, 0.6) is 0 Å². The number of carboxylic acids is 1. The Kier molecular flexibility index (Phi) is 9.70. The number of alkyl halides is 1. The molecule has 2 aromatic rings. The van der Waals surface area contributed by atoms with Gasteiger partial charge in [0.05, 0.1) is 6.04 Å². The topological polar surface area (TPSA) is 116 Å². The van der Waals surface area contributed by atoms with Crippen molar-refractivity contribution < 1.29 is 23.9 Å². The number of carboxylic acid groups (broad SMARTS) is 1. The third-order valence-electron chi connectivity index (χ3n) is 9.51. The Hall–Kier alpha value is -2.45. The highest BCUT2D eigenvalue weighted by Gasteiger charge is 2.46. The number of rotatable bonds is 8. The molecule has 0 unspecified atom stereocenters. The highest BCUT2D eigenvalue weighted by molar-refractivity contribution is 5.95. The average molecular weight is 562 g/mol. The molecule has 39 heavy (non-hydrogen) atoms. The molecule has 3 fully saturated rings. The summed E-state index contributed by atoms with van der Waals surface area (Å²) >= 11 is 0. The Morgan fingerprint density at radius 3 is 2.41 bits per heavy atom. The Balaban J connectivity index is 0.00000353. The van der Waals surface area contributed by atoms with Crippen molar-refractivity contribution in [2.45, 2.75) is 82.7 Å². The van der Waals surface area contributed by atoms with Crippen molar-refractivity contribution in [1.29, 1.82) is 0 Å². The molecule has 2 heterocycles. The van der Waals surface area contributed by atoms with Crippen molar-refractivity contribution in [3.63, 3.8) is 0 Å². The predicted octanol–water partition coefficient (Wildman–Crippen LogP) is 5.30. The minimum absolute atomic E-state index is 0. The lowest BCUT2D eigenvalue weighted by Gasteiger charge is -2.37. The lowest BCUT2D eigenvalue weighted by Crippen LogP contribution is -2.48. The van der Waals surface area contributed by atoms with Crippen LogP contribution in [-0.2, 0) is 16.0 Å². The molecule has 2 saturated carbocycles. The van der Waals surface area contributed by atoms with Gasteiger partial charge in [0.15, 0.2) is 5.78 Å². The first-order valence-electron chi connectivity index (χ1n) is 14.4. The molecule has 4 N–H and O–H groups in total. The zero-order chi connectivity index (χ0) is 26.8. The van der Waals surface area contributed by atoms with E-state index in [-0.39, 0.29) is 54.0 Å². The van der Waals surface area contributed by atoms with Gasteiger partial charge in [0.25, 0.3) is 0 Å². The maximum Gasteiger partial charge on any atom is 0.352 e. The number of ketones is 1. The van der Waals surface area contributed by atoms with Crippen LogP contribution in [0.25, 0.3) is 10.9 Å². The molecule has 2 aliphatic carbocycles. The number of amides is 1. The number of nitrogens with two attached hydrogens (primary N) is 1. The number of nitrogens with zero attached hydrogens (tertiary/aromatic N) is 1. The van der Waals surface area contributed by atoms with Crippen molar-refractivity contribution in [3.8, 4) is 0 Å². The maximum absolute atomic E-state index is 13.9. The molecule has 3 aliphatic rings. The van der Waals surface area contributed by atoms with Crippen LogP contribution < -0.4 is 5.73 Å². The molecule has 1 aromatic heterocycles. The molecule has 1 saturated heterocycles. The Labute approximate surface area is 235 Å². The fourth-order valence-corrected chi connectivity index (χ4v) is 7.40. The maximum atomic E-state index is 13.9. The standard InChI is InChI=1S/C30H40FN3O4.ClH/c31-17-24(32)20-7-9-21(10-8-20)29(36)34-13-12-23(19-4-2-1-3-5-19)28(34)27(35)15-18-6-11-25-22(14-18)16-26(33-25)30(37)38;/h6,11,14,16,19-21,23-24,28,33H,1-5,7-10,12-13,15,17,32H2,(H,37,38);1H/t20?,21?,23-,24+,28-;/m0./s1. The second-order valence-electron chi connectivity index (χ2n) is 11.8. The number of carbonyl (C=O) groups excluding carboxylic acids is 2. The monoisotopic (exact) mass is 561 g/mol. The van der Waals surface area contributed by atoms with E-state index >= 15 is 0 Å². The molecule has 214 valence electrons. The van der Waals surface area contributed by atoms with E-state index in [0.29, 0.717) is 25.3 Å². The lowest BCUT2D eigenvalue weighted by atomic mass is 9.75. The van der Waals surface area contributed by atoms with Crippen LogP contribution in [0, 0.1) is 23.7 Å². The number of aromatic nitrogens is 1. The Bertz CT molecular complexity index is 1170. The van der Waals surface area contributed by atoms with E-state index in [0.717, 1.165) is 48.6 Å². The SMILES string of the molecule is Cl.N[C@H](CF)C1CCC(C(=O)N2CC[C@@H](C3CCCCC3)[C@H]2C(=O)Cc2ccc3[nH]c(C(=O)O)cc3c2)CC1. The fourth-order valence-electron chi connectivity index (χ4n) is 7.40. The van der Waals surface area contributed by atoms with Gasteiger partial charge < -0.3 is 20.7 Å². The molecule has 5 rings (SSSR count). The van der Waals surface area contributed by atoms with Crippen LogP contribution in [0.2, 0.25) is 0 Å². The average Bonchev–Trinajstić information content (AvgIpc) is 3.58. The first-order valence-corrected chi connectivity index (χ1v) is 14.4. The minimum atomic E-state index is -1.02. The summed E-state index contributed by atoms with van der Waals surface area (Å²) in [6.45, 7) is 0.0976. The highest BCUT2D eigenvalue weighted by Crippen LogP contribution is 2.41. The van der Waals surface area contributed by atoms with Gasteiger partial charge in [-0.1, -0.05) is 38.2 Å². The molecule has 9 heteroatoms. The van der Waals surface area contributed by atoms with Gasteiger partial charge in [-0.2, -0.15) is 0 Å². The quantitative estimate of drug-likeness (QED) is 0.404. The van der Waals surface area contributed by atoms with Gasteiger partial charge >= 0.3 is 5.97 Å². The number of benzene rings is 1. The van der Waals surface area contributed by atoms with E-state index in [4.69, 9.17) is 5.73 Å². The molecule has 1 aliphatic heterocycles. The molecule has 7 nitrogen and oxygen atoms in total. The number of halogens is 2. The van der Waals surface area contributed by atoms with Gasteiger partial charge in [-0.3, -0.25) is 9.59 Å². The summed E-state index contributed by atoms with van der Waals surface area (Å²) in [5.74, 6) is -0.190. The predicted molar refractivity (Wildman–Crippen MR) is 151 cm³/mol. The van der Waals surface area contributed by atoms with Crippen LogP contribution >= 0.6 is 12.4 Å². The van der Waals surface area contributed by atoms with Crippen molar-refractivity contribution in [2.24, 2.45) is 29.4 Å². The number of fused-ring (bicyclic) bond motifs is 1. The number of nitrogens with one attached hydrogen (secondary N) is 1. The third kappa shape index (κ3) is 6.32. The number of hydrogen-bond acceptors (Lipinski definition) is 4. The molecule has 3 atom stereocenters. The number of aromatic amines is 1. The van der Waals surface area contributed by atoms with Gasteiger partial charge in [0.1, 0.15) is 12.4 Å². The lowest BCUT2D eigenvalue weighted by molar-refractivity contribution is -0.143. The van der Waals surface area contributed by atoms with Crippen LogP contribution in [0.1, 0.15) is 80.3 Å². The van der Waals surface area contributed by atoms with E-state index in [1.807, 2.05) is 23.1 Å². The van der Waals surface area contributed by atoms with Gasteiger partial charge in [-0.25, -0.2) is 9.18 Å². The first kappa shape index (κ1) is 29.5. The van der Waals surface area contributed by atoms with Crippen molar-refractivity contribution in [3.05, 3.63) is 35.5 Å². The van der Waals surface area contributed by atoms with E-state index in [1.165, 1.54) is 19.3 Å². The summed E-state index contributed by atoms with van der Waals surface area (Å²) in [6, 6.07) is 6.30. The Morgan fingerprint density at radius 2 is 1.74 bits per heavy atom. The molecule has 1 aromatic carbocycles. The van der Waals surface area contributed by atoms with Crippen LogP contribution in [-0.4, -0.2) is 58.0 Å². The van der Waals surface area contributed by atoms with Crippen molar-refractivity contribution in [1.82, 2.24) is 9.88 Å². The zero-order valence-electron chi connectivity index (χ0n) is 22.4. The minimum Gasteiger partial charge on any atom is -0.477 e. The second kappa shape index (κ2) is 12.8. The summed E-state index contributed by atoms with van der Waals surface area (Å²) in [5, 5.41) is 10.1. The molecule has 1 amide bonds. The van der Waals surface area contributed by atoms with Gasteiger partial charge in [0.2, 0.25) is 5.91 Å². The van der Waals surface area contributed by atoms with E-state index in [1.54, 1.807) is 6.07 Å². The van der Waals surface area contributed by atoms with Gasteiger partial charge in [-0.15, -0.1) is 12.4 Å². The first-order chi connectivity index (χ1) is 18.4. The fraction of sp³-hybridized carbons (Fsp3) is 0.633. The summed E-state index contributed by atoms with van der Waals surface area (Å²) in [7, 11) is 0. The zero-order valence-corrected chi connectivity index (χ0v) is 23.3. The molecular formula is C30H41ClFN3O4. The summed E-state index contributed by atoms with van der Waals surface area (Å²) in [5.41, 5.74) is 7.61. The number of Topliss-reactive ketones (excluding diaryl/α,β-unsaturated/α-hetero) is 1. The summed E-state index contributed by atoms with van der Waals surface area (Å²) in [6.07, 6.45) is 9.88. The smallest absolute Gasteiger partial charge is 0.352 e. The number of H-pyrrole nitrogens is 1. The summed E-state index contributed by atoms with van der Waals surface area (Å²) in [4.78, 5) is 43.9. The van der Waals surface area contributed by atoms with E-state index in [9.17, 15) is 23.9 Å². The number of likely N-dealkylation sites (tertiary alicyclic amines) is 1. The third-order valence-corrected chi connectivity index (χ3v) is 9.51. The van der Waals surface area contributed by atoms with Crippen LogP contribution in [0.4, 0.5) is 4.39 Å². The van der Waals surface area contributed by atoms with Gasteiger partial charge in [-0.05, 0) is 73.6 Å². The second-order valence-corrected chi connectivity index (χ2v) is 11.8. The molecule has 0 bridgehead atoms. The number of carbonyl (C=O) groups is 3. The van der Waals surface area contributed by atoms with Crippen molar-refractivity contribution >= 4 is 41.0 Å². The molecular weight excluding hydrogens is 521 g/mol. The van der Waals surface area contributed by atoms with Crippen molar-refractivity contribution in [2.75, 3.05) is 13.2 Å². The highest BCUT2D eigenvalue weighted by atomic mass is 35.5. The van der Waals surface area contributed by atoms with Crippen LogP contribution in [0.15, 0.2) is 24.3 Å².